The van der Waals surface area contributed by atoms with Gasteiger partial charge in [-0.1, -0.05) is 0 Å². The zero-order valence-corrected chi connectivity index (χ0v) is 8.07. The molecule has 14 heavy (non-hydrogen) atoms. The van der Waals surface area contributed by atoms with Crippen molar-refractivity contribution in [2.75, 3.05) is 6.54 Å². The first kappa shape index (κ1) is 10.7. The van der Waals surface area contributed by atoms with Crippen LogP contribution in [0.25, 0.3) is 0 Å². The number of carbonyl (C=O) groups is 1. The quantitative estimate of drug-likeness (QED) is 0.550. The van der Waals surface area contributed by atoms with E-state index in [0.717, 1.165) is 31.1 Å². The first-order chi connectivity index (χ1) is 6.77. The van der Waals surface area contributed by atoms with Gasteiger partial charge < -0.3 is 10.8 Å². The number of nitrogens with two attached hydrogens (primary N) is 1. The van der Waals surface area contributed by atoms with Crippen molar-refractivity contribution >= 4 is 6.29 Å². The standard InChI is InChI=1S/C11H15NO2/c12-6-2-1-3-9-7-11(14)5-4-10(9)8-13/h4-5,7-8,14H,1-3,6,12H2. The van der Waals surface area contributed by atoms with Gasteiger partial charge in [-0.25, -0.2) is 0 Å². The highest BCUT2D eigenvalue weighted by Crippen LogP contribution is 2.17. The van der Waals surface area contributed by atoms with Crippen molar-refractivity contribution in [3.63, 3.8) is 0 Å². The third-order valence-corrected chi connectivity index (χ3v) is 2.15. The van der Waals surface area contributed by atoms with Crippen LogP contribution in [0.2, 0.25) is 0 Å². The molecule has 0 fully saturated rings. The van der Waals surface area contributed by atoms with Crippen LogP contribution in [0.15, 0.2) is 18.2 Å². The Morgan fingerprint density at radius 2 is 2.14 bits per heavy atom. The van der Waals surface area contributed by atoms with Crippen molar-refractivity contribution in [3.05, 3.63) is 29.3 Å². The van der Waals surface area contributed by atoms with E-state index in [1.165, 1.54) is 6.07 Å². The average molecular weight is 193 g/mol. The number of phenols is 1. The van der Waals surface area contributed by atoms with Gasteiger partial charge in [-0.2, -0.15) is 0 Å². The highest BCUT2D eigenvalue weighted by molar-refractivity contribution is 5.77. The van der Waals surface area contributed by atoms with Crippen molar-refractivity contribution in [2.45, 2.75) is 19.3 Å². The first-order valence-electron chi connectivity index (χ1n) is 4.75. The van der Waals surface area contributed by atoms with Crippen molar-refractivity contribution in [3.8, 4) is 5.75 Å². The Morgan fingerprint density at radius 3 is 2.79 bits per heavy atom. The molecule has 0 aromatic heterocycles. The summed E-state index contributed by atoms with van der Waals surface area (Å²) in [4.78, 5) is 10.7. The Morgan fingerprint density at radius 1 is 1.36 bits per heavy atom. The summed E-state index contributed by atoms with van der Waals surface area (Å²) in [5.41, 5.74) is 6.92. The predicted molar refractivity (Wildman–Crippen MR) is 55.5 cm³/mol. The molecule has 0 saturated heterocycles. The predicted octanol–water partition coefficient (Wildman–Crippen LogP) is 1.49. The zero-order valence-electron chi connectivity index (χ0n) is 8.07. The monoisotopic (exact) mass is 193 g/mol. The number of hydrogen-bond acceptors (Lipinski definition) is 3. The van der Waals surface area contributed by atoms with Crippen LogP contribution in [0.1, 0.15) is 28.8 Å². The third kappa shape index (κ3) is 2.85. The number of aromatic hydroxyl groups is 1. The first-order valence-corrected chi connectivity index (χ1v) is 4.75. The minimum absolute atomic E-state index is 0.207. The molecule has 0 aliphatic carbocycles. The van der Waals surface area contributed by atoms with Crippen LogP contribution in [0.4, 0.5) is 0 Å². The number of unbranched alkanes of at least 4 members (excludes halogenated alkanes) is 1. The molecule has 3 heteroatoms. The number of carbonyl (C=O) groups excluding carboxylic acids is 1. The Kier molecular flexibility index (Phi) is 4.13. The lowest BCUT2D eigenvalue weighted by Gasteiger charge is -2.04. The molecule has 3 N–H and O–H groups in total. The van der Waals surface area contributed by atoms with Gasteiger partial charge in [0.2, 0.25) is 0 Å². The lowest BCUT2D eigenvalue weighted by Crippen LogP contribution is -2.00. The molecule has 3 nitrogen and oxygen atoms in total. The van der Waals surface area contributed by atoms with Gasteiger partial charge in [0.05, 0.1) is 0 Å². The van der Waals surface area contributed by atoms with Crippen molar-refractivity contribution in [2.24, 2.45) is 5.73 Å². The molecule has 0 unspecified atom stereocenters. The van der Waals surface area contributed by atoms with Crippen molar-refractivity contribution < 1.29 is 9.90 Å². The molecule has 1 rings (SSSR count). The second-order valence-corrected chi connectivity index (χ2v) is 3.25. The van der Waals surface area contributed by atoms with E-state index in [1.54, 1.807) is 12.1 Å². The number of aldehydes is 1. The van der Waals surface area contributed by atoms with Crippen molar-refractivity contribution in [1.29, 1.82) is 0 Å². The van der Waals surface area contributed by atoms with Crippen LogP contribution in [0, 0.1) is 0 Å². The topological polar surface area (TPSA) is 63.3 Å². The molecule has 0 aliphatic rings. The summed E-state index contributed by atoms with van der Waals surface area (Å²) in [5.74, 6) is 0.207. The van der Waals surface area contributed by atoms with E-state index in [-0.39, 0.29) is 5.75 Å². The molecule has 0 radical (unpaired) electrons. The number of hydrogen-bond donors (Lipinski definition) is 2. The van der Waals surface area contributed by atoms with E-state index in [9.17, 15) is 9.90 Å². The van der Waals surface area contributed by atoms with E-state index < -0.39 is 0 Å². The van der Waals surface area contributed by atoms with E-state index in [2.05, 4.69) is 0 Å². The maximum atomic E-state index is 10.7. The zero-order chi connectivity index (χ0) is 10.4. The third-order valence-electron chi connectivity index (χ3n) is 2.15. The smallest absolute Gasteiger partial charge is 0.150 e. The number of aryl methyl sites for hydroxylation is 1. The molecule has 0 heterocycles. The molecule has 0 atom stereocenters. The van der Waals surface area contributed by atoms with Crippen LogP contribution in [-0.2, 0) is 6.42 Å². The molecule has 1 aromatic carbocycles. The summed E-state index contributed by atoms with van der Waals surface area (Å²) in [7, 11) is 0. The van der Waals surface area contributed by atoms with Crippen LogP contribution < -0.4 is 5.73 Å². The number of benzene rings is 1. The van der Waals surface area contributed by atoms with Crippen LogP contribution in [-0.4, -0.2) is 17.9 Å². The summed E-state index contributed by atoms with van der Waals surface area (Å²) < 4.78 is 0. The van der Waals surface area contributed by atoms with Gasteiger partial charge in [0, 0.05) is 5.56 Å². The van der Waals surface area contributed by atoms with E-state index in [0.29, 0.717) is 12.1 Å². The summed E-state index contributed by atoms with van der Waals surface area (Å²) in [6.45, 7) is 0.662. The van der Waals surface area contributed by atoms with E-state index >= 15 is 0 Å². The fraction of sp³-hybridized carbons (Fsp3) is 0.364. The van der Waals surface area contributed by atoms with E-state index in [1.807, 2.05) is 0 Å². The second-order valence-electron chi connectivity index (χ2n) is 3.25. The molecular weight excluding hydrogens is 178 g/mol. The second kappa shape index (κ2) is 5.40. The maximum absolute atomic E-state index is 10.7. The van der Waals surface area contributed by atoms with Crippen LogP contribution in [0.5, 0.6) is 5.75 Å². The molecule has 76 valence electrons. The lowest BCUT2D eigenvalue weighted by molar-refractivity contribution is 0.112. The van der Waals surface area contributed by atoms with Crippen molar-refractivity contribution in [1.82, 2.24) is 0 Å². The highest BCUT2D eigenvalue weighted by atomic mass is 16.3. The van der Waals surface area contributed by atoms with Gasteiger partial charge in [0.15, 0.2) is 0 Å². The Hall–Kier alpha value is -1.35. The minimum atomic E-state index is 0.207. The van der Waals surface area contributed by atoms with Crippen LogP contribution >= 0.6 is 0 Å². The van der Waals surface area contributed by atoms with E-state index in [4.69, 9.17) is 5.73 Å². The normalized spacial score (nSPS) is 10.1. The summed E-state index contributed by atoms with van der Waals surface area (Å²) in [5, 5.41) is 9.25. The fourth-order valence-corrected chi connectivity index (χ4v) is 1.38. The summed E-state index contributed by atoms with van der Waals surface area (Å²) in [6.07, 6.45) is 3.49. The van der Waals surface area contributed by atoms with Gasteiger partial charge in [-0.05, 0) is 49.6 Å². The number of rotatable bonds is 5. The molecule has 0 aliphatic heterocycles. The SMILES string of the molecule is NCCCCc1cc(O)ccc1C=O. The Labute approximate surface area is 83.6 Å². The summed E-state index contributed by atoms with van der Waals surface area (Å²) >= 11 is 0. The van der Waals surface area contributed by atoms with Gasteiger partial charge in [0.25, 0.3) is 0 Å². The van der Waals surface area contributed by atoms with Crippen LogP contribution in [0.3, 0.4) is 0 Å². The minimum Gasteiger partial charge on any atom is -0.508 e. The Bertz CT molecular complexity index is 310. The molecule has 1 aromatic rings. The largest absolute Gasteiger partial charge is 0.508 e. The molecular formula is C11H15NO2. The molecule has 0 bridgehead atoms. The van der Waals surface area contributed by atoms with Gasteiger partial charge in [-0.15, -0.1) is 0 Å². The summed E-state index contributed by atoms with van der Waals surface area (Å²) in [6, 6.07) is 4.80. The number of phenolic OH excluding ortho intramolecular Hbond substituents is 1. The fourth-order valence-electron chi connectivity index (χ4n) is 1.38. The van der Waals surface area contributed by atoms with Gasteiger partial charge in [-0.3, -0.25) is 4.79 Å². The average Bonchev–Trinajstić information content (AvgIpc) is 2.19. The van der Waals surface area contributed by atoms with Gasteiger partial charge >= 0.3 is 0 Å². The maximum Gasteiger partial charge on any atom is 0.150 e. The highest BCUT2D eigenvalue weighted by Gasteiger charge is 2.02. The molecule has 0 saturated carbocycles. The molecule has 0 spiro atoms. The Balaban J connectivity index is 2.72. The van der Waals surface area contributed by atoms with Gasteiger partial charge in [0.1, 0.15) is 12.0 Å². The lowest BCUT2D eigenvalue weighted by atomic mass is 10.0. The molecule has 0 amide bonds.